The van der Waals surface area contributed by atoms with Gasteiger partial charge in [-0.25, -0.2) is 0 Å². The first-order valence-corrected chi connectivity index (χ1v) is 4.46. The summed E-state index contributed by atoms with van der Waals surface area (Å²) in [6.07, 6.45) is 2.82. The van der Waals surface area contributed by atoms with Crippen LogP contribution in [0.25, 0.3) is 0 Å². The number of hydrogen-bond donors (Lipinski definition) is 2. The van der Waals surface area contributed by atoms with Gasteiger partial charge in [0, 0.05) is 17.5 Å². The van der Waals surface area contributed by atoms with Crippen LogP contribution >= 0.6 is 11.3 Å². The molecule has 0 aliphatic rings. The van der Waals surface area contributed by atoms with Gasteiger partial charge in [-0.3, -0.25) is 4.98 Å². The largest absolute Gasteiger partial charge is 0.393 e. The van der Waals surface area contributed by atoms with E-state index in [0.29, 0.717) is 19.4 Å². The first kappa shape index (κ1) is 8.64. The molecule has 62 valence electrons. The lowest BCUT2D eigenvalue weighted by Crippen LogP contribution is -2.15. The number of rotatable bonds is 4. The highest BCUT2D eigenvalue weighted by molar-refractivity contribution is 7.09. The van der Waals surface area contributed by atoms with Gasteiger partial charge in [0.15, 0.2) is 0 Å². The van der Waals surface area contributed by atoms with Crippen molar-refractivity contribution in [1.82, 2.24) is 4.98 Å². The van der Waals surface area contributed by atoms with Crippen LogP contribution in [0.15, 0.2) is 11.7 Å². The van der Waals surface area contributed by atoms with E-state index < -0.39 is 0 Å². The van der Waals surface area contributed by atoms with Gasteiger partial charge >= 0.3 is 0 Å². The van der Waals surface area contributed by atoms with Crippen molar-refractivity contribution in [1.29, 1.82) is 0 Å². The molecule has 0 aromatic carbocycles. The molecule has 0 aliphatic heterocycles. The van der Waals surface area contributed by atoms with Gasteiger partial charge in [-0.1, -0.05) is 0 Å². The monoisotopic (exact) mass is 172 g/mol. The highest BCUT2D eigenvalue weighted by Crippen LogP contribution is 2.09. The summed E-state index contributed by atoms with van der Waals surface area (Å²) in [5, 5.41) is 9.32. The number of aliphatic hydroxyl groups excluding tert-OH is 1. The molecule has 4 heteroatoms. The maximum absolute atomic E-state index is 9.32. The van der Waals surface area contributed by atoms with Gasteiger partial charge in [-0.15, -0.1) is 11.3 Å². The molecule has 3 N–H and O–H groups in total. The average molecular weight is 172 g/mol. The van der Waals surface area contributed by atoms with Crippen LogP contribution in [-0.2, 0) is 6.42 Å². The maximum atomic E-state index is 9.32. The fraction of sp³-hybridized carbons (Fsp3) is 0.571. The van der Waals surface area contributed by atoms with Crippen molar-refractivity contribution >= 4 is 11.3 Å². The van der Waals surface area contributed by atoms with Crippen molar-refractivity contribution in [3.05, 3.63) is 16.6 Å². The van der Waals surface area contributed by atoms with Gasteiger partial charge in [0.2, 0.25) is 0 Å². The summed E-state index contributed by atoms with van der Waals surface area (Å²) < 4.78 is 0. The molecule has 1 unspecified atom stereocenters. The third-order valence-corrected chi connectivity index (χ3v) is 2.22. The first-order chi connectivity index (χ1) is 5.33. The lowest BCUT2D eigenvalue weighted by atomic mass is 10.2. The summed E-state index contributed by atoms with van der Waals surface area (Å²) in [4.78, 5) is 5.03. The molecule has 1 atom stereocenters. The number of nitrogens with two attached hydrogens (primary N) is 1. The van der Waals surface area contributed by atoms with E-state index in [9.17, 15) is 5.11 Å². The van der Waals surface area contributed by atoms with E-state index in [0.717, 1.165) is 4.88 Å². The molecular weight excluding hydrogens is 160 g/mol. The third kappa shape index (κ3) is 2.96. The van der Waals surface area contributed by atoms with Crippen LogP contribution in [0.5, 0.6) is 0 Å². The molecule has 1 aromatic rings. The topological polar surface area (TPSA) is 59.1 Å². The van der Waals surface area contributed by atoms with Gasteiger partial charge in [0.1, 0.15) is 0 Å². The summed E-state index contributed by atoms with van der Waals surface area (Å²) in [6, 6.07) is 0. The van der Waals surface area contributed by atoms with Crippen molar-refractivity contribution in [2.24, 2.45) is 5.73 Å². The Kier molecular flexibility index (Phi) is 3.48. The number of thiazole rings is 1. The second-order valence-corrected chi connectivity index (χ2v) is 3.37. The SMILES string of the molecule is NCCC(O)Cc1cncs1. The molecule has 0 aliphatic carbocycles. The Morgan fingerprint density at radius 2 is 2.55 bits per heavy atom. The fourth-order valence-electron chi connectivity index (χ4n) is 0.870. The van der Waals surface area contributed by atoms with Gasteiger partial charge in [0.05, 0.1) is 11.6 Å². The second kappa shape index (κ2) is 4.43. The zero-order chi connectivity index (χ0) is 8.10. The van der Waals surface area contributed by atoms with E-state index in [-0.39, 0.29) is 6.10 Å². The Balaban J connectivity index is 2.31. The van der Waals surface area contributed by atoms with Gasteiger partial charge in [0.25, 0.3) is 0 Å². The molecule has 0 fully saturated rings. The number of aliphatic hydroxyl groups is 1. The molecule has 0 amide bonds. The summed E-state index contributed by atoms with van der Waals surface area (Å²) in [6.45, 7) is 0.542. The van der Waals surface area contributed by atoms with Crippen molar-refractivity contribution in [3.63, 3.8) is 0 Å². The molecule has 1 rings (SSSR count). The van der Waals surface area contributed by atoms with Crippen molar-refractivity contribution in [3.8, 4) is 0 Å². The Morgan fingerprint density at radius 1 is 1.73 bits per heavy atom. The summed E-state index contributed by atoms with van der Waals surface area (Å²) in [5.74, 6) is 0. The van der Waals surface area contributed by atoms with Crippen LogP contribution in [0.4, 0.5) is 0 Å². The zero-order valence-corrected chi connectivity index (χ0v) is 7.05. The molecule has 1 heterocycles. The summed E-state index contributed by atoms with van der Waals surface area (Å²) >= 11 is 1.57. The van der Waals surface area contributed by atoms with Crippen molar-refractivity contribution in [2.75, 3.05) is 6.54 Å². The molecular formula is C7H12N2OS. The van der Waals surface area contributed by atoms with E-state index in [4.69, 9.17) is 5.73 Å². The molecule has 0 bridgehead atoms. The highest BCUT2D eigenvalue weighted by Gasteiger charge is 2.04. The van der Waals surface area contributed by atoms with Crippen LogP contribution in [0.3, 0.4) is 0 Å². The first-order valence-electron chi connectivity index (χ1n) is 3.58. The van der Waals surface area contributed by atoms with Crippen LogP contribution in [0, 0.1) is 0 Å². The lowest BCUT2D eigenvalue weighted by molar-refractivity contribution is 0.168. The summed E-state index contributed by atoms with van der Waals surface area (Å²) in [7, 11) is 0. The predicted molar refractivity (Wildman–Crippen MR) is 45.5 cm³/mol. The van der Waals surface area contributed by atoms with E-state index >= 15 is 0 Å². The van der Waals surface area contributed by atoms with Crippen LogP contribution in [0.2, 0.25) is 0 Å². The van der Waals surface area contributed by atoms with Gasteiger partial charge in [-0.2, -0.15) is 0 Å². The fourth-order valence-corrected chi connectivity index (χ4v) is 1.54. The van der Waals surface area contributed by atoms with Crippen molar-refractivity contribution in [2.45, 2.75) is 18.9 Å². The molecule has 0 saturated heterocycles. The number of aromatic nitrogens is 1. The number of nitrogens with zero attached hydrogens (tertiary/aromatic N) is 1. The molecule has 11 heavy (non-hydrogen) atoms. The Morgan fingerprint density at radius 3 is 3.09 bits per heavy atom. The normalized spacial score (nSPS) is 13.3. The van der Waals surface area contributed by atoms with Gasteiger partial charge < -0.3 is 10.8 Å². The Bertz CT molecular complexity index is 188. The Hall–Kier alpha value is -0.450. The minimum Gasteiger partial charge on any atom is -0.393 e. The minimum atomic E-state index is -0.305. The molecule has 1 aromatic heterocycles. The van der Waals surface area contributed by atoms with E-state index in [2.05, 4.69) is 4.98 Å². The van der Waals surface area contributed by atoms with Crippen LogP contribution < -0.4 is 5.73 Å². The van der Waals surface area contributed by atoms with E-state index in [1.54, 1.807) is 23.0 Å². The average Bonchev–Trinajstić information content (AvgIpc) is 2.40. The summed E-state index contributed by atoms with van der Waals surface area (Å²) in [5.41, 5.74) is 7.05. The second-order valence-electron chi connectivity index (χ2n) is 2.40. The quantitative estimate of drug-likeness (QED) is 0.691. The highest BCUT2D eigenvalue weighted by atomic mass is 32.1. The zero-order valence-electron chi connectivity index (χ0n) is 6.23. The van der Waals surface area contributed by atoms with Crippen molar-refractivity contribution < 1.29 is 5.11 Å². The predicted octanol–water partition coefficient (Wildman–Crippen LogP) is 0.395. The molecule has 0 radical (unpaired) electrons. The molecule has 3 nitrogen and oxygen atoms in total. The Labute approximate surface area is 69.9 Å². The number of hydrogen-bond acceptors (Lipinski definition) is 4. The smallest absolute Gasteiger partial charge is 0.0794 e. The van der Waals surface area contributed by atoms with Gasteiger partial charge in [-0.05, 0) is 13.0 Å². The molecule has 0 saturated carbocycles. The standard InChI is InChI=1S/C7H12N2OS/c8-2-1-6(10)3-7-4-9-5-11-7/h4-6,10H,1-3,8H2. The molecule has 0 spiro atoms. The lowest BCUT2D eigenvalue weighted by Gasteiger charge is -2.05. The maximum Gasteiger partial charge on any atom is 0.0794 e. The minimum absolute atomic E-state index is 0.305. The van der Waals surface area contributed by atoms with E-state index in [1.165, 1.54) is 0 Å². The van der Waals surface area contributed by atoms with E-state index in [1.807, 2.05) is 0 Å². The third-order valence-electron chi connectivity index (χ3n) is 1.42. The van der Waals surface area contributed by atoms with Crippen LogP contribution in [-0.4, -0.2) is 22.7 Å². The van der Waals surface area contributed by atoms with Crippen LogP contribution in [0.1, 0.15) is 11.3 Å².